The maximum absolute atomic E-state index is 11.7. The predicted octanol–water partition coefficient (Wildman–Crippen LogP) is 1.63. The normalized spacial score (nSPS) is 9.95. The Labute approximate surface area is 112 Å². The molecule has 1 heterocycles. The zero-order chi connectivity index (χ0) is 13.5. The lowest BCUT2D eigenvalue weighted by molar-refractivity contribution is 0.0955. The molecule has 1 aromatic heterocycles. The summed E-state index contributed by atoms with van der Waals surface area (Å²) >= 11 is 0. The number of hydrogen-bond donors (Lipinski definition) is 2. The fourth-order valence-corrected chi connectivity index (χ4v) is 1.55. The van der Waals surface area contributed by atoms with Crippen LogP contribution in [0.25, 0.3) is 0 Å². The quantitative estimate of drug-likeness (QED) is 0.798. The second kappa shape index (κ2) is 6.49. The minimum Gasteiger partial charge on any atom is -0.367 e. The van der Waals surface area contributed by atoms with Crippen molar-refractivity contribution in [2.24, 2.45) is 0 Å². The van der Waals surface area contributed by atoms with Gasteiger partial charge in [0.1, 0.15) is 5.82 Å². The number of aryl methyl sites for hydroxylation is 1. The summed E-state index contributed by atoms with van der Waals surface area (Å²) in [4.78, 5) is 11.7. The van der Waals surface area contributed by atoms with Crippen molar-refractivity contribution in [1.29, 1.82) is 0 Å². The lowest BCUT2D eigenvalue weighted by atomic mass is 10.2. The molecule has 5 nitrogen and oxygen atoms in total. The SMILES string of the molecule is Cc1ccc(NCCNC(=O)c2ccccc2)nn1. The topological polar surface area (TPSA) is 66.9 Å². The molecular weight excluding hydrogens is 240 g/mol. The molecule has 0 radical (unpaired) electrons. The molecule has 2 aromatic rings. The average Bonchev–Trinajstić information content (AvgIpc) is 2.46. The van der Waals surface area contributed by atoms with Gasteiger partial charge in [-0.1, -0.05) is 18.2 Å². The lowest BCUT2D eigenvalue weighted by Gasteiger charge is -2.07. The van der Waals surface area contributed by atoms with Gasteiger partial charge in [-0.3, -0.25) is 4.79 Å². The van der Waals surface area contributed by atoms with Crippen molar-refractivity contribution in [1.82, 2.24) is 15.5 Å². The van der Waals surface area contributed by atoms with Crippen LogP contribution in [0.2, 0.25) is 0 Å². The van der Waals surface area contributed by atoms with Crippen LogP contribution >= 0.6 is 0 Å². The van der Waals surface area contributed by atoms with Gasteiger partial charge in [-0.05, 0) is 31.2 Å². The van der Waals surface area contributed by atoms with Crippen molar-refractivity contribution < 1.29 is 4.79 Å². The fraction of sp³-hybridized carbons (Fsp3) is 0.214. The number of rotatable bonds is 5. The number of aromatic nitrogens is 2. The summed E-state index contributed by atoms with van der Waals surface area (Å²) < 4.78 is 0. The van der Waals surface area contributed by atoms with Crippen molar-refractivity contribution in [3.8, 4) is 0 Å². The Bertz CT molecular complexity index is 525. The molecule has 19 heavy (non-hydrogen) atoms. The summed E-state index contributed by atoms with van der Waals surface area (Å²) in [6, 6.07) is 12.9. The standard InChI is InChI=1S/C14H16N4O/c1-11-7-8-13(18-17-11)15-9-10-16-14(19)12-5-3-2-4-6-12/h2-8H,9-10H2,1H3,(H,15,18)(H,16,19). The Morgan fingerprint density at radius 2 is 1.84 bits per heavy atom. The summed E-state index contributed by atoms with van der Waals surface area (Å²) in [5, 5.41) is 13.8. The Morgan fingerprint density at radius 1 is 1.05 bits per heavy atom. The zero-order valence-corrected chi connectivity index (χ0v) is 10.8. The van der Waals surface area contributed by atoms with Gasteiger partial charge in [-0.15, -0.1) is 5.10 Å². The Kier molecular flexibility index (Phi) is 4.44. The number of amides is 1. The van der Waals surface area contributed by atoms with Gasteiger partial charge in [0.15, 0.2) is 0 Å². The van der Waals surface area contributed by atoms with Gasteiger partial charge in [-0.2, -0.15) is 5.10 Å². The first-order valence-electron chi connectivity index (χ1n) is 6.13. The van der Waals surface area contributed by atoms with Crippen LogP contribution in [0.4, 0.5) is 5.82 Å². The molecule has 0 saturated heterocycles. The van der Waals surface area contributed by atoms with Crippen molar-refractivity contribution in [3.05, 3.63) is 53.7 Å². The minimum absolute atomic E-state index is 0.0719. The highest BCUT2D eigenvalue weighted by molar-refractivity contribution is 5.94. The molecule has 0 saturated carbocycles. The second-order valence-corrected chi connectivity index (χ2v) is 4.11. The molecular formula is C14H16N4O. The van der Waals surface area contributed by atoms with Crippen LogP contribution in [-0.4, -0.2) is 29.2 Å². The molecule has 2 N–H and O–H groups in total. The van der Waals surface area contributed by atoms with E-state index in [0.717, 1.165) is 5.69 Å². The maximum atomic E-state index is 11.7. The van der Waals surface area contributed by atoms with Gasteiger partial charge in [0.2, 0.25) is 0 Å². The van der Waals surface area contributed by atoms with Crippen LogP contribution in [0.15, 0.2) is 42.5 Å². The molecule has 1 amide bonds. The molecule has 0 unspecified atom stereocenters. The van der Waals surface area contributed by atoms with E-state index in [9.17, 15) is 4.79 Å². The highest BCUT2D eigenvalue weighted by Crippen LogP contribution is 2.00. The second-order valence-electron chi connectivity index (χ2n) is 4.11. The molecule has 0 aliphatic rings. The predicted molar refractivity (Wildman–Crippen MR) is 74.0 cm³/mol. The first-order valence-corrected chi connectivity index (χ1v) is 6.13. The van der Waals surface area contributed by atoms with E-state index in [1.165, 1.54) is 0 Å². The molecule has 0 aliphatic heterocycles. The molecule has 0 aliphatic carbocycles. The highest BCUT2D eigenvalue weighted by Gasteiger charge is 2.02. The first-order chi connectivity index (χ1) is 9.25. The highest BCUT2D eigenvalue weighted by atomic mass is 16.1. The van der Waals surface area contributed by atoms with Gasteiger partial charge in [0.25, 0.3) is 5.91 Å². The molecule has 2 rings (SSSR count). The van der Waals surface area contributed by atoms with Crippen LogP contribution in [0.3, 0.4) is 0 Å². The summed E-state index contributed by atoms with van der Waals surface area (Å²) in [6.45, 7) is 3.02. The lowest BCUT2D eigenvalue weighted by Crippen LogP contribution is -2.28. The monoisotopic (exact) mass is 256 g/mol. The van der Waals surface area contributed by atoms with Crippen molar-refractivity contribution >= 4 is 11.7 Å². The Hall–Kier alpha value is -2.43. The number of benzene rings is 1. The van der Waals surface area contributed by atoms with Crippen molar-refractivity contribution in [3.63, 3.8) is 0 Å². The molecule has 1 aromatic carbocycles. The summed E-state index contributed by atoms with van der Waals surface area (Å²) in [5.41, 5.74) is 1.54. The van der Waals surface area contributed by atoms with Crippen molar-refractivity contribution in [2.75, 3.05) is 18.4 Å². The van der Waals surface area contributed by atoms with E-state index in [1.54, 1.807) is 12.1 Å². The number of carbonyl (C=O) groups excluding carboxylic acids is 1. The third kappa shape index (κ3) is 4.06. The van der Waals surface area contributed by atoms with Crippen LogP contribution in [0.5, 0.6) is 0 Å². The largest absolute Gasteiger partial charge is 0.367 e. The summed E-state index contributed by atoms with van der Waals surface area (Å²) in [7, 11) is 0. The third-order valence-electron chi connectivity index (χ3n) is 2.55. The number of carbonyl (C=O) groups is 1. The van der Waals surface area contributed by atoms with Gasteiger partial charge in [0, 0.05) is 18.7 Å². The number of anilines is 1. The molecule has 0 spiro atoms. The molecule has 0 fully saturated rings. The Balaban J connectivity index is 1.72. The van der Waals surface area contributed by atoms with E-state index in [4.69, 9.17) is 0 Å². The maximum Gasteiger partial charge on any atom is 0.251 e. The number of nitrogens with one attached hydrogen (secondary N) is 2. The average molecular weight is 256 g/mol. The van der Waals surface area contributed by atoms with E-state index >= 15 is 0 Å². The zero-order valence-electron chi connectivity index (χ0n) is 10.8. The van der Waals surface area contributed by atoms with Gasteiger partial charge >= 0.3 is 0 Å². The van der Waals surface area contributed by atoms with E-state index in [2.05, 4.69) is 20.8 Å². The van der Waals surface area contributed by atoms with E-state index in [0.29, 0.717) is 24.5 Å². The molecule has 0 atom stereocenters. The van der Waals surface area contributed by atoms with Crippen LogP contribution in [-0.2, 0) is 0 Å². The summed E-state index contributed by atoms with van der Waals surface area (Å²) in [5.74, 6) is 0.636. The van der Waals surface area contributed by atoms with E-state index in [-0.39, 0.29) is 5.91 Å². The molecule has 5 heteroatoms. The van der Waals surface area contributed by atoms with Gasteiger partial charge in [-0.25, -0.2) is 0 Å². The number of hydrogen-bond acceptors (Lipinski definition) is 4. The van der Waals surface area contributed by atoms with Gasteiger partial charge in [0.05, 0.1) is 5.69 Å². The summed E-state index contributed by atoms with van der Waals surface area (Å²) in [6.07, 6.45) is 0. The van der Waals surface area contributed by atoms with Crippen LogP contribution < -0.4 is 10.6 Å². The number of nitrogens with zero attached hydrogens (tertiary/aromatic N) is 2. The fourth-order valence-electron chi connectivity index (χ4n) is 1.55. The molecule has 0 bridgehead atoms. The Morgan fingerprint density at radius 3 is 2.53 bits per heavy atom. The van der Waals surface area contributed by atoms with Crippen LogP contribution in [0.1, 0.15) is 16.1 Å². The smallest absolute Gasteiger partial charge is 0.251 e. The van der Waals surface area contributed by atoms with E-state index < -0.39 is 0 Å². The van der Waals surface area contributed by atoms with Crippen LogP contribution in [0, 0.1) is 6.92 Å². The van der Waals surface area contributed by atoms with Gasteiger partial charge < -0.3 is 10.6 Å². The first kappa shape index (κ1) is 13.0. The van der Waals surface area contributed by atoms with Crippen molar-refractivity contribution in [2.45, 2.75) is 6.92 Å². The minimum atomic E-state index is -0.0719. The molecule has 98 valence electrons. The third-order valence-corrected chi connectivity index (χ3v) is 2.55. The van der Waals surface area contributed by atoms with E-state index in [1.807, 2.05) is 37.3 Å².